The van der Waals surface area contributed by atoms with Crippen LogP contribution in [0, 0.1) is 5.41 Å². The van der Waals surface area contributed by atoms with Gasteiger partial charge < -0.3 is 0 Å². The summed E-state index contributed by atoms with van der Waals surface area (Å²) in [5.41, 5.74) is 5.86. The van der Waals surface area contributed by atoms with Gasteiger partial charge in [-0.2, -0.15) is 0 Å². The molecule has 0 aromatic carbocycles. The minimum atomic E-state index is 0.419. The quantitative estimate of drug-likeness (QED) is 0.645. The van der Waals surface area contributed by atoms with Crippen molar-refractivity contribution in [3.05, 3.63) is 0 Å². The van der Waals surface area contributed by atoms with Gasteiger partial charge in [0.2, 0.25) is 0 Å². The van der Waals surface area contributed by atoms with Crippen LogP contribution in [-0.2, 0) is 0 Å². The average molecular weight is 206 g/mol. The zero-order chi connectivity index (χ0) is 5.91. The average Bonchev–Trinajstić information content (AvgIpc) is 1.68. The Kier molecular flexibility index (Phi) is 3.24. The first-order valence-corrected chi connectivity index (χ1v) is 4.85. The predicted octanol–water partition coefficient (Wildman–Crippen LogP) is 0.290. The summed E-state index contributed by atoms with van der Waals surface area (Å²) in [5, 5.41) is 0. The number of hydrogen-bond donors (Lipinski definition) is 1. The Morgan fingerprint density at radius 3 is 2.00 bits per heavy atom. The minimum absolute atomic E-state index is 0.419. The summed E-state index contributed by atoms with van der Waals surface area (Å²) < 4.78 is 1.30. The van der Waals surface area contributed by atoms with Crippen molar-refractivity contribution in [2.24, 2.45) is 11.1 Å². The van der Waals surface area contributed by atoms with E-state index in [1.54, 1.807) is 0 Å². The van der Waals surface area contributed by atoms with Crippen LogP contribution in [0.25, 0.3) is 0 Å². The van der Waals surface area contributed by atoms with E-state index in [-0.39, 0.29) is 0 Å². The third kappa shape index (κ3) is 3.35. The van der Waals surface area contributed by atoms with Crippen molar-refractivity contribution in [3.8, 4) is 0 Å². The van der Waals surface area contributed by atoms with E-state index in [0.29, 0.717) is 5.41 Å². The molecule has 0 aliphatic heterocycles. The van der Waals surface area contributed by atoms with Crippen LogP contribution >= 0.6 is 0 Å². The van der Waals surface area contributed by atoms with Crippen LogP contribution in [-0.4, -0.2) is 29.1 Å². The number of rotatable bonds is 2. The Bertz CT molecular complexity index is 46.0. The first kappa shape index (κ1) is 7.76. The summed E-state index contributed by atoms with van der Waals surface area (Å²) in [7, 11) is 0. The van der Waals surface area contributed by atoms with Gasteiger partial charge in [-0.05, 0) is 0 Å². The van der Waals surface area contributed by atoms with E-state index in [2.05, 4.69) is 13.8 Å². The molecule has 0 aliphatic carbocycles. The molecule has 2 N–H and O–H groups in total. The van der Waals surface area contributed by atoms with Gasteiger partial charge in [0.25, 0.3) is 0 Å². The van der Waals surface area contributed by atoms with Gasteiger partial charge in [0.1, 0.15) is 0 Å². The van der Waals surface area contributed by atoms with Crippen molar-refractivity contribution in [2.75, 3.05) is 6.54 Å². The van der Waals surface area contributed by atoms with Crippen molar-refractivity contribution < 1.29 is 0 Å². The van der Waals surface area contributed by atoms with Gasteiger partial charge in [-0.15, -0.1) is 0 Å². The van der Waals surface area contributed by atoms with Gasteiger partial charge in [0.05, 0.1) is 0 Å². The molecule has 7 heavy (non-hydrogen) atoms. The van der Waals surface area contributed by atoms with Gasteiger partial charge in [-0.25, -0.2) is 0 Å². The van der Waals surface area contributed by atoms with Crippen molar-refractivity contribution in [1.29, 1.82) is 0 Å². The van der Waals surface area contributed by atoms with Crippen LogP contribution in [0.1, 0.15) is 13.8 Å². The summed E-state index contributed by atoms with van der Waals surface area (Å²) in [6.07, 6.45) is 0. The zero-order valence-electron chi connectivity index (χ0n) is 5.07. The van der Waals surface area contributed by atoms with E-state index in [1.165, 1.54) is 27.0 Å². The van der Waals surface area contributed by atoms with Gasteiger partial charge >= 0.3 is 58.5 Å². The third-order valence-corrected chi connectivity index (χ3v) is 4.26. The Balaban J connectivity index is 3.36. The van der Waals surface area contributed by atoms with Crippen molar-refractivity contribution in [2.45, 2.75) is 18.3 Å². The maximum absolute atomic E-state index is 5.44. The molecule has 2 radical (unpaired) electrons. The molecule has 0 fully saturated rings. The SMILES string of the molecule is CC(C)(CN)[CH2][SnH]. The first-order chi connectivity index (χ1) is 3.12. The van der Waals surface area contributed by atoms with Gasteiger partial charge in [0.15, 0.2) is 0 Å². The summed E-state index contributed by atoms with van der Waals surface area (Å²) in [5.74, 6) is 0. The van der Waals surface area contributed by atoms with Crippen LogP contribution < -0.4 is 5.73 Å². The molecule has 0 spiro atoms. The molecule has 0 heterocycles. The number of nitrogens with two attached hydrogens (primary N) is 1. The molecule has 0 unspecified atom stereocenters. The summed E-state index contributed by atoms with van der Waals surface area (Å²) in [6, 6.07) is 0. The normalized spacial score (nSPS) is 12.0. The molecule has 0 saturated heterocycles. The van der Waals surface area contributed by atoms with E-state index in [1.807, 2.05) is 0 Å². The Morgan fingerprint density at radius 2 is 2.00 bits per heavy atom. The van der Waals surface area contributed by atoms with Crippen LogP contribution in [0.3, 0.4) is 0 Å². The molecule has 0 aliphatic rings. The number of hydrogen-bond acceptors (Lipinski definition) is 1. The van der Waals surface area contributed by atoms with Crippen molar-refractivity contribution in [1.82, 2.24) is 0 Å². The van der Waals surface area contributed by atoms with E-state index < -0.39 is 0 Å². The summed E-state index contributed by atoms with van der Waals surface area (Å²) in [4.78, 5) is 0. The van der Waals surface area contributed by atoms with E-state index in [9.17, 15) is 0 Å². The first-order valence-electron chi connectivity index (χ1n) is 2.52. The molecule has 2 heteroatoms. The molecule has 0 aromatic rings. The fraction of sp³-hybridized carbons (Fsp3) is 1.00. The topological polar surface area (TPSA) is 26.0 Å². The third-order valence-electron chi connectivity index (χ3n) is 1.11. The fourth-order valence-corrected chi connectivity index (χ4v) is 0.559. The summed E-state index contributed by atoms with van der Waals surface area (Å²) in [6.45, 7) is 5.24. The Morgan fingerprint density at radius 1 is 1.57 bits per heavy atom. The predicted molar refractivity (Wildman–Crippen MR) is 34.8 cm³/mol. The zero-order valence-corrected chi connectivity index (χ0v) is 8.36. The summed E-state index contributed by atoms with van der Waals surface area (Å²) >= 11 is 1.33. The van der Waals surface area contributed by atoms with E-state index in [0.717, 1.165) is 6.54 Å². The molecule has 0 bridgehead atoms. The second-order valence-electron chi connectivity index (χ2n) is 2.57. The molecule has 0 aromatic heterocycles. The molecular weight excluding hydrogens is 193 g/mol. The molecule has 0 saturated carbocycles. The van der Waals surface area contributed by atoms with Crippen LogP contribution in [0.4, 0.5) is 0 Å². The second kappa shape index (κ2) is 2.92. The van der Waals surface area contributed by atoms with Crippen LogP contribution in [0.15, 0.2) is 0 Å². The second-order valence-corrected chi connectivity index (χ2v) is 3.74. The molecule has 1 nitrogen and oxygen atoms in total. The molecule has 0 atom stereocenters. The molecule has 42 valence electrons. The maximum atomic E-state index is 5.44. The van der Waals surface area contributed by atoms with Gasteiger partial charge in [0, 0.05) is 0 Å². The van der Waals surface area contributed by atoms with Crippen molar-refractivity contribution in [3.63, 3.8) is 0 Å². The molecule has 0 rings (SSSR count). The van der Waals surface area contributed by atoms with Crippen LogP contribution in [0.2, 0.25) is 4.44 Å². The van der Waals surface area contributed by atoms with Crippen LogP contribution in [0.5, 0.6) is 0 Å². The Hall–Kier alpha value is 0.759. The van der Waals surface area contributed by atoms with Crippen molar-refractivity contribution >= 4 is 22.5 Å². The molecule has 0 amide bonds. The van der Waals surface area contributed by atoms with E-state index in [4.69, 9.17) is 5.73 Å². The van der Waals surface area contributed by atoms with Gasteiger partial charge in [-0.3, -0.25) is 0 Å². The van der Waals surface area contributed by atoms with Gasteiger partial charge in [-0.1, -0.05) is 0 Å². The monoisotopic (exact) mass is 207 g/mol. The Labute approximate surface area is 58.7 Å². The molecular formula is C5H13NSn. The fourth-order valence-electron chi connectivity index (χ4n) is 0.0833. The van der Waals surface area contributed by atoms with E-state index >= 15 is 0 Å². The standard InChI is InChI=1S/C5H12N.Sn.H/c1-5(2,3)4-6;;/h1,4,6H2,2-3H3;;.